The highest BCUT2D eigenvalue weighted by molar-refractivity contribution is 7.71. The summed E-state index contributed by atoms with van der Waals surface area (Å²) < 4.78 is 10.5. The maximum atomic E-state index is 12.5. The maximum Gasteiger partial charge on any atom is 0.248 e. The molecule has 1 amide bonds. The van der Waals surface area contributed by atoms with Gasteiger partial charge in [0.15, 0.2) is 5.13 Å². The van der Waals surface area contributed by atoms with Crippen LogP contribution in [0.15, 0.2) is 55.1 Å². The highest BCUT2D eigenvalue weighted by atomic mass is 32.1. The van der Waals surface area contributed by atoms with E-state index in [1.165, 1.54) is 16.0 Å². The predicted molar refractivity (Wildman–Crippen MR) is 114 cm³/mol. The van der Waals surface area contributed by atoms with Gasteiger partial charge >= 0.3 is 0 Å². The molecule has 0 bridgehead atoms. The fraction of sp³-hybridized carbons (Fsp3) is 0.158. The van der Waals surface area contributed by atoms with Gasteiger partial charge in [-0.1, -0.05) is 0 Å². The predicted octanol–water partition coefficient (Wildman–Crippen LogP) is 3.61. The Bertz CT molecular complexity index is 1190. The minimum atomic E-state index is -0.242. The van der Waals surface area contributed by atoms with Crippen LogP contribution in [0.3, 0.4) is 0 Å². The normalized spacial score (nSPS) is 10.8. The SMILES string of the molecule is COc1ccc(-c2nc(NC(=O)Cn3ncn(-n4cccc4)c3=S)sc2C)cc1. The van der Waals surface area contributed by atoms with E-state index in [1.807, 2.05) is 55.7 Å². The summed E-state index contributed by atoms with van der Waals surface area (Å²) in [5.74, 6) is 0.542. The highest BCUT2D eigenvalue weighted by Crippen LogP contribution is 2.31. The largest absolute Gasteiger partial charge is 0.497 e. The number of aryl methyl sites for hydroxylation is 1. The number of nitrogens with one attached hydrogen (secondary N) is 1. The summed E-state index contributed by atoms with van der Waals surface area (Å²) in [7, 11) is 1.63. The first kappa shape index (κ1) is 19.1. The number of thiazole rings is 1. The molecule has 0 saturated heterocycles. The Balaban J connectivity index is 1.47. The zero-order valence-corrected chi connectivity index (χ0v) is 17.4. The summed E-state index contributed by atoms with van der Waals surface area (Å²) in [6.07, 6.45) is 5.27. The van der Waals surface area contributed by atoms with Crippen molar-refractivity contribution in [2.24, 2.45) is 0 Å². The molecule has 0 aliphatic rings. The van der Waals surface area contributed by atoms with E-state index < -0.39 is 0 Å². The Hall–Kier alpha value is -3.24. The second-order valence-electron chi connectivity index (χ2n) is 6.18. The second-order valence-corrected chi connectivity index (χ2v) is 7.75. The summed E-state index contributed by atoms with van der Waals surface area (Å²) in [6.45, 7) is 1.98. The minimum Gasteiger partial charge on any atom is -0.497 e. The Morgan fingerprint density at radius 1 is 1.24 bits per heavy atom. The molecule has 4 aromatic rings. The van der Waals surface area contributed by atoms with Crippen LogP contribution in [-0.4, -0.2) is 37.1 Å². The zero-order valence-electron chi connectivity index (χ0n) is 15.8. The fourth-order valence-corrected chi connectivity index (χ4v) is 3.93. The molecule has 3 heterocycles. The third-order valence-electron chi connectivity index (χ3n) is 4.25. The molecule has 148 valence electrons. The molecule has 0 unspecified atom stereocenters. The van der Waals surface area contributed by atoms with Crippen molar-refractivity contribution in [2.75, 3.05) is 12.4 Å². The van der Waals surface area contributed by atoms with Gasteiger partial charge in [0.1, 0.15) is 18.6 Å². The molecular weight excluding hydrogens is 408 g/mol. The molecule has 1 aromatic carbocycles. The molecule has 3 aromatic heterocycles. The van der Waals surface area contributed by atoms with E-state index in [4.69, 9.17) is 17.0 Å². The first-order chi connectivity index (χ1) is 14.0. The molecule has 0 spiro atoms. The summed E-state index contributed by atoms with van der Waals surface area (Å²) >= 11 is 6.83. The van der Waals surface area contributed by atoms with Crippen LogP contribution in [0.5, 0.6) is 5.75 Å². The number of ether oxygens (including phenoxy) is 1. The van der Waals surface area contributed by atoms with E-state index >= 15 is 0 Å². The number of hydrogen-bond donors (Lipinski definition) is 1. The van der Waals surface area contributed by atoms with Crippen LogP contribution in [0.2, 0.25) is 0 Å². The average molecular weight is 427 g/mol. The van der Waals surface area contributed by atoms with Crippen molar-refractivity contribution in [1.29, 1.82) is 0 Å². The summed E-state index contributed by atoms with van der Waals surface area (Å²) in [6, 6.07) is 11.4. The van der Waals surface area contributed by atoms with E-state index in [0.29, 0.717) is 9.90 Å². The van der Waals surface area contributed by atoms with Crippen molar-refractivity contribution in [3.05, 3.63) is 64.8 Å². The molecule has 0 aliphatic heterocycles. The van der Waals surface area contributed by atoms with Crippen molar-refractivity contribution in [2.45, 2.75) is 13.5 Å². The van der Waals surface area contributed by atoms with Crippen molar-refractivity contribution < 1.29 is 9.53 Å². The monoisotopic (exact) mass is 426 g/mol. The van der Waals surface area contributed by atoms with Gasteiger partial charge in [-0.15, -0.1) is 11.3 Å². The standard InChI is InChI=1S/C19H18N6O2S2/c1-13-17(14-5-7-15(27-2)8-6-14)22-18(29-13)21-16(26)11-24-19(28)25(12-20-24)23-9-3-4-10-23/h3-10,12H,11H2,1-2H3,(H,21,22,26). The Morgan fingerprint density at radius 2 is 1.97 bits per heavy atom. The number of benzene rings is 1. The van der Waals surface area contributed by atoms with E-state index in [1.54, 1.807) is 22.8 Å². The molecule has 0 aliphatic carbocycles. The van der Waals surface area contributed by atoms with Gasteiger partial charge in [0.25, 0.3) is 0 Å². The quantitative estimate of drug-likeness (QED) is 0.477. The smallest absolute Gasteiger partial charge is 0.248 e. The van der Waals surface area contributed by atoms with E-state index in [-0.39, 0.29) is 12.5 Å². The number of carbonyl (C=O) groups is 1. The average Bonchev–Trinajstić information content (AvgIpc) is 3.44. The first-order valence-electron chi connectivity index (χ1n) is 8.75. The molecule has 0 saturated carbocycles. The van der Waals surface area contributed by atoms with Crippen LogP contribution in [-0.2, 0) is 11.3 Å². The van der Waals surface area contributed by atoms with Crippen molar-refractivity contribution >= 4 is 34.6 Å². The molecule has 10 heteroatoms. The zero-order chi connectivity index (χ0) is 20.4. The number of hydrogen-bond acceptors (Lipinski definition) is 6. The molecule has 0 atom stereocenters. The lowest BCUT2D eigenvalue weighted by atomic mass is 10.1. The Kier molecular flexibility index (Phi) is 5.28. The van der Waals surface area contributed by atoms with Gasteiger partial charge in [-0.05, 0) is 55.5 Å². The van der Waals surface area contributed by atoms with Crippen LogP contribution in [0.25, 0.3) is 11.3 Å². The van der Waals surface area contributed by atoms with Crippen molar-refractivity contribution in [3.8, 4) is 17.0 Å². The molecule has 0 fully saturated rings. The van der Waals surface area contributed by atoms with Gasteiger partial charge in [0, 0.05) is 22.8 Å². The number of aromatic nitrogens is 5. The van der Waals surface area contributed by atoms with E-state index in [2.05, 4.69) is 15.4 Å². The third-order valence-corrected chi connectivity index (χ3v) is 5.54. The molecule has 1 N–H and O–H groups in total. The molecule has 29 heavy (non-hydrogen) atoms. The summed E-state index contributed by atoms with van der Waals surface area (Å²) in [5.41, 5.74) is 1.80. The van der Waals surface area contributed by atoms with Crippen molar-refractivity contribution in [3.63, 3.8) is 0 Å². The first-order valence-corrected chi connectivity index (χ1v) is 9.97. The van der Waals surface area contributed by atoms with Crippen molar-refractivity contribution in [1.82, 2.24) is 24.1 Å². The van der Waals surface area contributed by atoms with Gasteiger partial charge in [-0.2, -0.15) is 5.10 Å². The number of anilines is 1. The number of nitrogens with zero attached hydrogens (tertiary/aromatic N) is 5. The lowest BCUT2D eigenvalue weighted by molar-refractivity contribution is -0.116. The number of carbonyl (C=O) groups excluding carboxylic acids is 1. The minimum absolute atomic E-state index is 0.00357. The van der Waals surface area contributed by atoms with Crippen LogP contribution >= 0.6 is 23.6 Å². The fourth-order valence-electron chi connectivity index (χ4n) is 2.83. The Labute approximate surface area is 176 Å². The summed E-state index contributed by atoms with van der Waals surface area (Å²) in [5, 5.41) is 7.58. The lowest BCUT2D eigenvalue weighted by Gasteiger charge is -2.04. The van der Waals surface area contributed by atoms with Crippen LogP contribution in [0.1, 0.15) is 4.88 Å². The van der Waals surface area contributed by atoms with Crippen LogP contribution < -0.4 is 10.1 Å². The highest BCUT2D eigenvalue weighted by Gasteiger charge is 2.14. The Morgan fingerprint density at radius 3 is 2.66 bits per heavy atom. The molecule has 0 radical (unpaired) electrons. The molecular formula is C19H18N6O2S2. The molecule has 4 rings (SSSR count). The third kappa shape index (κ3) is 3.98. The van der Waals surface area contributed by atoms with Crippen LogP contribution in [0, 0.1) is 11.7 Å². The topological polar surface area (TPSA) is 78.9 Å². The molecule has 8 nitrogen and oxygen atoms in total. The van der Waals surface area contributed by atoms with Crippen LogP contribution in [0.4, 0.5) is 5.13 Å². The maximum absolute atomic E-state index is 12.5. The second kappa shape index (κ2) is 8.02. The van der Waals surface area contributed by atoms with E-state index in [9.17, 15) is 4.79 Å². The number of methoxy groups -OCH3 is 1. The van der Waals surface area contributed by atoms with Gasteiger partial charge in [0.05, 0.1) is 12.8 Å². The number of amides is 1. The van der Waals surface area contributed by atoms with E-state index in [0.717, 1.165) is 21.9 Å². The van der Waals surface area contributed by atoms with Gasteiger partial charge < -0.3 is 10.1 Å². The lowest BCUT2D eigenvalue weighted by Crippen LogP contribution is -2.20. The summed E-state index contributed by atoms with van der Waals surface area (Å²) in [4.78, 5) is 18.1. The van der Waals surface area contributed by atoms with Gasteiger partial charge in [0.2, 0.25) is 10.7 Å². The number of rotatable bonds is 6. The van der Waals surface area contributed by atoms with Gasteiger partial charge in [-0.25, -0.2) is 14.3 Å². The van der Waals surface area contributed by atoms with Gasteiger partial charge in [-0.3, -0.25) is 9.47 Å².